The maximum absolute atomic E-state index is 12.1. The van der Waals surface area contributed by atoms with E-state index in [0.717, 1.165) is 55.5 Å². The van der Waals surface area contributed by atoms with Crippen LogP contribution in [0.3, 0.4) is 0 Å². The second kappa shape index (κ2) is 16.5. The summed E-state index contributed by atoms with van der Waals surface area (Å²) in [5.41, 5.74) is 7.82. The molecule has 1 aliphatic heterocycles. The van der Waals surface area contributed by atoms with Gasteiger partial charge in [-0.3, -0.25) is 4.79 Å². The number of nitrogens with two attached hydrogens (primary N) is 1. The van der Waals surface area contributed by atoms with Crippen molar-refractivity contribution in [1.82, 2.24) is 24.2 Å². The fraction of sp³-hybridized carbons (Fsp3) is 0.567. The standard InChI is InChI=1S/C20H24N6O.C7H14.C3H9NO3S/c1-15-22-9-6-19(23-15)26-10-7-16-17(3-2-4-18(16)26)24-11-13-25(14-12-24)20(27)5-8-21;1-7-5-3-2-4-6-7;1-8(6,7)4-2-3-5/h2-4,6-7,9-10H,5,8,11-14,21H2,1H3;7H,2-6H2,1H3;4-5H,2-3H2,1H3. The Morgan fingerprint density at radius 3 is 2.36 bits per heavy atom. The molecule has 3 heterocycles. The van der Waals surface area contributed by atoms with E-state index in [1.165, 1.54) is 43.2 Å². The van der Waals surface area contributed by atoms with E-state index in [1.54, 1.807) is 6.20 Å². The van der Waals surface area contributed by atoms with Crippen LogP contribution in [-0.4, -0.2) is 91.0 Å². The van der Waals surface area contributed by atoms with Gasteiger partial charge in [0.25, 0.3) is 0 Å². The summed E-state index contributed by atoms with van der Waals surface area (Å²) in [6, 6.07) is 10.4. The molecule has 11 nitrogen and oxygen atoms in total. The van der Waals surface area contributed by atoms with E-state index in [0.29, 0.717) is 13.0 Å². The van der Waals surface area contributed by atoms with E-state index in [9.17, 15) is 13.2 Å². The van der Waals surface area contributed by atoms with Crippen LogP contribution in [0.1, 0.15) is 51.3 Å². The number of hydrogen-bond acceptors (Lipinski definition) is 8. The summed E-state index contributed by atoms with van der Waals surface area (Å²) >= 11 is 0. The molecule has 42 heavy (non-hydrogen) atoms. The Kier molecular flexibility index (Phi) is 13.2. The number of nitrogens with zero attached hydrogens (tertiary/aromatic N) is 5. The van der Waals surface area contributed by atoms with Gasteiger partial charge in [0.1, 0.15) is 11.6 Å². The number of piperazine rings is 1. The number of nitrogens with one attached hydrogen (secondary N) is 1. The number of aromatic nitrogens is 3. The van der Waals surface area contributed by atoms with Crippen molar-refractivity contribution < 1.29 is 18.3 Å². The largest absolute Gasteiger partial charge is 0.395 e. The molecule has 232 valence electrons. The summed E-state index contributed by atoms with van der Waals surface area (Å²) < 4.78 is 24.5. The van der Waals surface area contributed by atoms with Gasteiger partial charge >= 0.3 is 0 Å². The van der Waals surface area contributed by atoms with Crippen molar-refractivity contribution in [2.75, 3.05) is 57.0 Å². The molecule has 1 aliphatic carbocycles. The second-order valence-corrected chi connectivity index (χ2v) is 12.7. The number of aliphatic hydroxyl groups is 1. The number of fused-ring (bicyclic) bond motifs is 1. The van der Waals surface area contributed by atoms with Gasteiger partial charge in [-0.25, -0.2) is 23.1 Å². The van der Waals surface area contributed by atoms with Crippen LogP contribution in [0.15, 0.2) is 42.7 Å². The SMILES string of the molecule is CC1CCCCC1.CS(=O)(=O)NCCO.Cc1nccc(-n2ccc3c(N4CCN(C(=O)CCN)CC4)cccc32)n1. The van der Waals surface area contributed by atoms with Crippen molar-refractivity contribution in [2.45, 2.75) is 52.4 Å². The van der Waals surface area contributed by atoms with Crippen molar-refractivity contribution in [2.24, 2.45) is 11.7 Å². The van der Waals surface area contributed by atoms with Crippen molar-refractivity contribution in [3.63, 3.8) is 0 Å². The summed E-state index contributed by atoms with van der Waals surface area (Å²) in [4.78, 5) is 25.0. The highest BCUT2D eigenvalue weighted by atomic mass is 32.2. The number of benzene rings is 1. The summed E-state index contributed by atoms with van der Waals surface area (Å²) in [5, 5.41) is 9.29. The zero-order chi connectivity index (χ0) is 30.5. The number of carbonyl (C=O) groups excluding carboxylic acids is 1. The van der Waals surface area contributed by atoms with Gasteiger partial charge < -0.3 is 25.2 Å². The van der Waals surface area contributed by atoms with Crippen LogP contribution in [0.2, 0.25) is 0 Å². The predicted octanol–water partition coefficient (Wildman–Crippen LogP) is 2.84. The zero-order valence-corrected chi connectivity index (χ0v) is 26.0. The number of aliphatic hydroxyl groups excluding tert-OH is 1. The van der Waals surface area contributed by atoms with Crippen molar-refractivity contribution in [3.8, 4) is 5.82 Å². The van der Waals surface area contributed by atoms with Crippen molar-refractivity contribution in [1.29, 1.82) is 0 Å². The molecule has 0 spiro atoms. The summed E-state index contributed by atoms with van der Waals surface area (Å²) in [5.74, 6) is 2.81. The molecule has 2 fully saturated rings. The first-order chi connectivity index (χ1) is 20.1. The average Bonchev–Trinajstić information content (AvgIpc) is 3.42. The van der Waals surface area contributed by atoms with E-state index in [1.807, 2.05) is 17.9 Å². The summed E-state index contributed by atoms with van der Waals surface area (Å²) in [6.07, 6.45) is 12.7. The molecule has 1 amide bonds. The average molecular weight is 602 g/mol. The molecule has 3 aromatic rings. The predicted molar refractivity (Wildman–Crippen MR) is 168 cm³/mol. The van der Waals surface area contributed by atoms with Crippen LogP contribution in [0.5, 0.6) is 0 Å². The van der Waals surface area contributed by atoms with Gasteiger partial charge in [0.15, 0.2) is 0 Å². The maximum atomic E-state index is 12.1. The molecule has 0 atom stereocenters. The minimum absolute atomic E-state index is 0.0961. The van der Waals surface area contributed by atoms with Gasteiger partial charge in [0, 0.05) is 69.2 Å². The molecule has 1 aromatic carbocycles. The van der Waals surface area contributed by atoms with E-state index >= 15 is 0 Å². The monoisotopic (exact) mass is 601 g/mol. The van der Waals surface area contributed by atoms with Crippen molar-refractivity contribution in [3.05, 3.63) is 48.5 Å². The molecule has 2 aliphatic rings. The minimum Gasteiger partial charge on any atom is -0.395 e. The normalized spacial score (nSPS) is 15.9. The Morgan fingerprint density at radius 2 is 1.81 bits per heavy atom. The first-order valence-electron chi connectivity index (χ1n) is 14.8. The summed E-state index contributed by atoms with van der Waals surface area (Å²) in [6.45, 7) is 7.73. The van der Waals surface area contributed by atoms with Crippen LogP contribution < -0.4 is 15.4 Å². The highest BCUT2D eigenvalue weighted by molar-refractivity contribution is 7.88. The number of amides is 1. The first-order valence-corrected chi connectivity index (χ1v) is 16.7. The fourth-order valence-electron chi connectivity index (χ4n) is 5.22. The highest BCUT2D eigenvalue weighted by Gasteiger charge is 2.22. The third-order valence-electron chi connectivity index (χ3n) is 7.42. The minimum atomic E-state index is -3.10. The molecule has 0 radical (unpaired) electrons. The van der Waals surface area contributed by atoms with Crippen LogP contribution in [0, 0.1) is 12.8 Å². The molecular formula is C30H47N7O4S. The Balaban J connectivity index is 0.000000265. The van der Waals surface area contributed by atoms with Crippen LogP contribution in [0.4, 0.5) is 5.69 Å². The number of anilines is 1. The fourth-order valence-corrected chi connectivity index (χ4v) is 5.68. The molecule has 5 rings (SSSR count). The van der Waals surface area contributed by atoms with Gasteiger partial charge in [0.05, 0.1) is 18.4 Å². The van der Waals surface area contributed by atoms with E-state index in [-0.39, 0.29) is 19.1 Å². The quantitative estimate of drug-likeness (QED) is 0.375. The van der Waals surface area contributed by atoms with Gasteiger partial charge in [-0.1, -0.05) is 45.1 Å². The lowest BCUT2D eigenvalue weighted by Crippen LogP contribution is -2.49. The van der Waals surface area contributed by atoms with Crippen LogP contribution >= 0.6 is 0 Å². The molecule has 0 bridgehead atoms. The third-order valence-corrected chi connectivity index (χ3v) is 8.15. The lowest BCUT2D eigenvalue weighted by Gasteiger charge is -2.36. The number of hydrogen-bond donors (Lipinski definition) is 3. The Labute approximate surface area is 250 Å². The van der Waals surface area contributed by atoms with E-state index in [2.05, 4.69) is 61.5 Å². The smallest absolute Gasteiger partial charge is 0.223 e. The molecule has 1 saturated carbocycles. The van der Waals surface area contributed by atoms with Crippen LogP contribution in [-0.2, 0) is 14.8 Å². The van der Waals surface area contributed by atoms with Gasteiger partial charge in [-0.05, 0) is 37.1 Å². The molecular weight excluding hydrogens is 554 g/mol. The second-order valence-electron chi connectivity index (χ2n) is 10.9. The lowest BCUT2D eigenvalue weighted by molar-refractivity contribution is -0.131. The Bertz CT molecular complexity index is 1360. The number of carbonyl (C=O) groups is 1. The first kappa shape index (κ1) is 33.4. The number of aryl methyl sites for hydroxylation is 1. The molecule has 12 heteroatoms. The molecule has 4 N–H and O–H groups in total. The lowest BCUT2D eigenvalue weighted by atomic mass is 9.91. The third kappa shape index (κ3) is 10.3. The maximum Gasteiger partial charge on any atom is 0.223 e. The van der Waals surface area contributed by atoms with E-state index in [4.69, 9.17) is 10.8 Å². The number of rotatable bonds is 7. The van der Waals surface area contributed by atoms with Crippen LogP contribution in [0.25, 0.3) is 16.7 Å². The Hall–Kier alpha value is -3.06. The number of sulfonamides is 1. The van der Waals surface area contributed by atoms with E-state index < -0.39 is 10.0 Å². The molecule has 2 aromatic heterocycles. The van der Waals surface area contributed by atoms with Crippen molar-refractivity contribution >= 4 is 32.5 Å². The highest BCUT2D eigenvalue weighted by Crippen LogP contribution is 2.30. The summed E-state index contributed by atoms with van der Waals surface area (Å²) in [7, 11) is -3.10. The van der Waals surface area contributed by atoms with Gasteiger partial charge in [0.2, 0.25) is 15.9 Å². The van der Waals surface area contributed by atoms with Gasteiger partial charge in [-0.15, -0.1) is 0 Å². The van der Waals surface area contributed by atoms with Gasteiger partial charge in [-0.2, -0.15) is 0 Å². The Morgan fingerprint density at radius 1 is 1.10 bits per heavy atom. The molecule has 1 saturated heterocycles. The topological polar surface area (TPSA) is 147 Å². The zero-order valence-electron chi connectivity index (χ0n) is 25.2. The molecule has 0 unspecified atom stereocenters.